The smallest absolute Gasteiger partial charge is 0.315 e. The van der Waals surface area contributed by atoms with Crippen LogP contribution in [0.1, 0.15) is 36.6 Å². The molecule has 1 aromatic carbocycles. The van der Waals surface area contributed by atoms with Crippen LogP contribution < -0.4 is 0 Å². The number of β-amino-alcohol motifs (C(OH)–C–C–N with tert-alkyl or cyclic N) is 1. The van der Waals surface area contributed by atoms with Crippen molar-refractivity contribution in [2.75, 3.05) is 26.8 Å². The van der Waals surface area contributed by atoms with Gasteiger partial charge in [0.15, 0.2) is 0 Å². The van der Waals surface area contributed by atoms with Gasteiger partial charge in [0.05, 0.1) is 13.7 Å². The number of aromatic nitrogens is 1. The number of nitrogens with one attached hydrogen (secondary N) is 1. The van der Waals surface area contributed by atoms with Gasteiger partial charge in [-0.05, 0) is 25.0 Å². The van der Waals surface area contributed by atoms with Crippen molar-refractivity contribution in [2.24, 2.45) is 5.92 Å². The number of hydrogen-bond donors (Lipinski definition) is 2. The lowest BCUT2D eigenvalue weighted by molar-refractivity contribution is -0.144. The molecule has 2 N–H and O–H groups in total. The van der Waals surface area contributed by atoms with Crippen LogP contribution in [0.4, 0.5) is 0 Å². The van der Waals surface area contributed by atoms with Crippen molar-refractivity contribution >= 4 is 16.9 Å². The van der Waals surface area contributed by atoms with Gasteiger partial charge in [-0.15, -0.1) is 0 Å². The first kappa shape index (κ1) is 16.4. The van der Waals surface area contributed by atoms with E-state index < -0.39 is 0 Å². The van der Waals surface area contributed by atoms with Gasteiger partial charge in [-0.25, -0.2) is 0 Å². The number of ether oxygens (including phenoxy) is 1. The molecule has 0 radical (unpaired) electrons. The number of aliphatic hydroxyl groups is 1. The number of rotatable bonds is 3. The van der Waals surface area contributed by atoms with Crippen molar-refractivity contribution in [2.45, 2.75) is 25.3 Å². The van der Waals surface area contributed by atoms with E-state index in [4.69, 9.17) is 4.74 Å². The Labute approximate surface area is 147 Å². The Morgan fingerprint density at radius 2 is 2.24 bits per heavy atom. The molecule has 1 fully saturated rings. The number of likely N-dealkylation sites (tertiary alicyclic amines) is 1. The molecule has 5 heteroatoms. The Morgan fingerprint density at radius 3 is 2.96 bits per heavy atom. The van der Waals surface area contributed by atoms with Crippen LogP contribution in [0.15, 0.2) is 35.9 Å². The molecule has 4 rings (SSSR count). The van der Waals surface area contributed by atoms with E-state index in [1.165, 1.54) is 23.6 Å². The van der Waals surface area contributed by atoms with Gasteiger partial charge in [-0.3, -0.25) is 9.69 Å². The fourth-order valence-corrected chi connectivity index (χ4v) is 4.72. The number of hydrogen-bond acceptors (Lipinski definition) is 4. The molecule has 2 heterocycles. The minimum atomic E-state index is -0.286. The molecule has 3 atom stereocenters. The van der Waals surface area contributed by atoms with Crippen molar-refractivity contribution in [1.82, 2.24) is 9.88 Å². The lowest BCUT2D eigenvalue weighted by Gasteiger charge is -2.47. The molecule has 1 saturated heterocycles. The number of aliphatic hydroxyl groups excluding tert-OH is 1. The SMILES string of the molecule is C/C=C1/CN(CCO)[C@@H]2C[C@H]1[C@@H](C(=O)OC)c1[nH]c3ccccc3c12. The first-order valence-corrected chi connectivity index (χ1v) is 8.87. The number of aromatic amines is 1. The van der Waals surface area contributed by atoms with Crippen molar-refractivity contribution < 1.29 is 14.6 Å². The van der Waals surface area contributed by atoms with Crippen LogP contribution in [0.5, 0.6) is 0 Å². The summed E-state index contributed by atoms with van der Waals surface area (Å²) in [5, 5.41) is 10.7. The van der Waals surface area contributed by atoms with Gasteiger partial charge in [0.1, 0.15) is 5.92 Å². The third-order valence-corrected chi connectivity index (χ3v) is 5.82. The molecule has 1 aromatic heterocycles. The number of para-hydroxylation sites is 1. The van der Waals surface area contributed by atoms with E-state index in [0.29, 0.717) is 6.54 Å². The standard InChI is InChI=1S/C20H24N2O3/c1-3-12-11-22(8-9-23)16-10-14(12)18(20(24)25-2)19-17(16)13-6-4-5-7-15(13)21-19/h3-7,14,16,18,21,23H,8-11H2,1-2H3/b12-3-/t14-,16-,18-/m1/s1. The van der Waals surface area contributed by atoms with E-state index in [9.17, 15) is 9.90 Å². The number of H-pyrrole nitrogens is 1. The lowest BCUT2D eigenvalue weighted by Crippen LogP contribution is -2.46. The second-order valence-corrected chi connectivity index (χ2v) is 6.91. The van der Waals surface area contributed by atoms with Crippen LogP contribution >= 0.6 is 0 Å². The summed E-state index contributed by atoms with van der Waals surface area (Å²) in [5.41, 5.74) is 4.49. The number of piperidine rings is 1. The molecule has 0 spiro atoms. The van der Waals surface area contributed by atoms with Crippen LogP contribution in [-0.4, -0.2) is 47.8 Å². The van der Waals surface area contributed by atoms with Crippen molar-refractivity contribution in [3.8, 4) is 0 Å². The van der Waals surface area contributed by atoms with Gasteiger partial charge >= 0.3 is 5.97 Å². The summed E-state index contributed by atoms with van der Waals surface area (Å²) in [6, 6.07) is 8.42. The highest BCUT2D eigenvalue weighted by atomic mass is 16.5. The highest BCUT2D eigenvalue weighted by molar-refractivity contribution is 5.90. The second kappa shape index (κ2) is 6.32. The zero-order valence-corrected chi connectivity index (χ0v) is 14.7. The van der Waals surface area contributed by atoms with Gasteiger partial charge in [0.25, 0.3) is 0 Å². The minimum absolute atomic E-state index is 0.135. The molecular weight excluding hydrogens is 316 g/mol. The maximum absolute atomic E-state index is 12.7. The largest absolute Gasteiger partial charge is 0.468 e. The maximum Gasteiger partial charge on any atom is 0.315 e. The van der Waals surface area contributed by atoms with Gasteiger partial charge in [0.2, 0.25) is 0 Å². The number of allylic oxidation sites excluding steroid dienone is 1. The molecule has 2 bridgehead atoms. The Kier molecular flexibility index (Phi) is 4.13. The fourth-order valence-electron chi connectivity index (χ4n) is 4.72. The molecule has 25 heavy (non-hydrogen) atoms. The third kappa shape index (κ3) is 2.41. The van der Waals surface area contributed by atoms with E-state index in [1.54, 1.807) is 0 Å². The molecular formula is C20H24N2O3. The zero-order valence-electron chi connectivity index (χ0n) is 14.7. The Bertz CT molecular complexity index is 839. The zero-order chi connectivity index (χ0) is 17.6. The van der Waals surface area contributed by atoms with Crippen LogP contribution in [0.25, 0.3) is 10.9 Å². The van der Waals surface area contributed by atoms with E-state index >= 15 is 0 Å². The van der Waals surface area contributed by atoms with Crippen molar-refractivity contribution in [3.63, 3.8) is 0 Å². The van der Waals surface area contributed by atoms with E-state index in [0.717, 1.165) is 24.2 Å². The van der Waals surface area contributed by atoms with Gasteiger partial charge in [-0.1, -0.05) is 29.8 Å². The number of methoxy groups -OCH3 is 1. The monoisotopic (exact) mass is 340 g/mol. The summed E-state index contributed by atoms with van der Waals surface area (Å²) < 4.78 is 5.16. The van der Waals surface area contributed by atoms with Crippen molar-refractivity contribution in [1.29, 1.82) is 0 Å². The fraction of sp³-hybridized carbons (Fsp3) is 0.450. The Hall–Kier alpha value is -2.11. The molecule has 0 saturated carbocycles. The predicted octanol–water partition coefficient (Wildman–Crippen LogP) is 2.74. The summed E-state index contributed by atoms with van der Waals surface area (Å²) >= 11 is 0. The first-order chi connectivity index (χ1) is 12.2. The number of carbonyl (C=O) groups excluding carboxylic acids is 1. The number of benzene rings is 1. The molecule has 2 aromatic rings. The van der Waals surface area contributed by atoms with Crippen molar-refractivity contribution in [3.05, 3.63) is 47.2 Å². The Morgan fingerprint density at radius 1 is 1.44 bits per heavy atom. The molecule has 2 aliphatic rings. The summed E-state index contributed by atoms with van der Waals surface area (Å²) in [7, 11) is 1.47. The highest BCUT2D eigenvalue weighted by Crippen LogP contribution is 2.52. The average molecular weight is 340 g/mol. The van der Waals surface area contributed by atoms with E-state index in [1.807, 2.05) is 19.1 Å². The molecule has 1 aliphatic carbocycles. The number of nitrogens with zero attached hydrogens (tertiary/aromatic N) is 1. The number of carbonyl (C=O) groups is 1. The molecule has 5 nitrogen and oxygen atoms in total. The Balaban J connectivity index is 1.95. The quantitative estimate of drug-likeness (QED) is 0.666. The predicted molar refractivity (Wildman–Crippen MR) is 96.3 cm³/mol. The van der Waals surface area contributed by atoms with E-state index in [2.05, 4.69) is 28.1 Å². The second-order valence-electron chi connectivity index (χ2n) is 6.91. The summed E-state index contributed by atoms with van der Waals surface area (Å²) in [6.07, 6.45) is 3.00. The summed E-state index contributed by atoms with van der Waals surface area (Å²) in [6.45, 7) is 3.59. The van der Waals surface area contributed by atoms with E-state index in [-0.39, 0.29) is 30.5 Å². The topological polar surface area (TPSA) is 65.6 Å². The summed E-state index contributed by atoms with van der Waals surface area (Å²) in [5.74, 6) is -0.310. The first-order valence-electron chi connectivity index (χ1n) is 8.87. The third-order valence-electron chi connectivity index (χ3n) is 5.82. The van der Waals surface area contributed by atoms with Crippen LogP contribution in [0.2, 0.25) is 0 Å². The van der Waals surface area contributed by atoms with Gasteiger partial charge in [0, 0.05) is 41.6 Å². The summed E-state index contributed by atoms with van der Waals surface area (Å²) in [4.78, 5) is 18.5. The minimum Gasteiger partial charge on any atom is -0.468 e. The molecule has 0 unspecified atom stereocenters. The molecule has 0 amide bonds. The maximum atomic E-state index is 12.7. The van der Waals surface area contributed by atoms with Crippen LogP contribution in [-0.2, 0) is 9.53 Å². The van der Waals surface area contributed by atoms with Gasteiger partial charge in [-0.2, -0.15) is 0 Å². The van der Waals surface area contributed by atoms with Gasteiger partial charge < -0.3 is 14.8 Å². The number of esters is 1. The van der Waals surface area contributed by atoms with Crippen LogP contribution in [0.3, 0.4) is 0 Å². The molecule has 1 aliphatic heterocycles. The number of fused-ring (bicyclic) bond motifs is 6. The van der Waals surface area contributed by atoms with Crippen LogP contribution in [0, 0.1) is 5.92 Å². The highest BCUT2D eigenvalue weighted by Gasteiger charge is 2.47. The lowest BCUT2D eigenvalue weighted by atomic mass is 9.69. The molecule has 132 valence electrons. The average Bonchev–Trinajstić information content (AvgIpc) is 3.02. The normalized spacial score (nSPS) is 27.5.